The summed E-state index contributed by atoms with van der Waals surface area (Å²) in [6.07, 6.45) is 6.17. The van der Waals surface area contributed by atoms with Gasteiger partial charge in [0.25, 0.3) is 0 Å². The van der Waals surface area contributed by atoms with Crippen molar-refractivity contribution in [2.24, 2.45) is 7.05 Å². The third-order valence-electron chi connectivity index (χ3n) is 5.40. The molecule has 0 aromatic carbocycles. The van der Waals surface area contributed by atoms with Gasteiger partial charge in [-0.2, -0.15) is 5.10 Å². The number of aryl methyl sites for hydroxylation is 3. The summed E-state index contributed by atoms with van der Waals surface area (Å²) in [7, 11) is 1.91. The molecule has 1 aliphatic rings. The van der Waals surface area contributed by atoms with Crippen LogP contribution in [-0.2, 0) is 11.8 Å². The Bertz CT molecular complexity index is 1090. The SMILES string of the molecule is Cc1nc(Nc2nccs2)cc(C2CCN(C(=O)C=Cc3c(C)nn(C)c3C)C2)n1. The van der Waals surface area contributed by atoms with Gasteiger partial charge in [-0.05, 0) is 33.3 Å². The summed E-state index contributed by atoms with van der Waals surface area (Å²) in [6.45, 7) is 7.22. The lowest BCUT2D eigenvalue weighted by Gasteiger charge is -2.15. The molecule has 3 aromatic rings. The van der Waals surface area contributed by atoms with Gasteiger partial charge in [-0.1, -0.05) is 0 Å². The number of hydrogen-bond acceptors (Lipinski definition) is 7. The maximum atomic E-state index is 12.7. The van der Waals surface area contributed by atoms with Crippen molar-refractivity contribution in [1.82, 2.24) is 29.6 Å². The van der Waals surface area contributed by atoms with Gasteiger partial charge in [-0.15, -0.1) is 11.3 Å². The van der Waals surface area contributed by atoms with E-state index in [0.717, 1.165) is 46.6 Å². The minimum Gasteiger partial charge on any atom is -0.338 e. The van der Waals surface area contributed by atoms with Crippen LogP contribution in [-0.4, -0.2) is 48.6 Å². The van der Waals surface area contributed by atoms with Crippen LogP contribution in [0.1, 0.15) is 40.8 Å². The van der Waals surface area contributed by atoms with Gasteiger partial charge in [0.15, 0.2) is 5.13 Å². The average Bonchev–Trinajstić information content (AvgIpc) is 3.43. The lowest BCUT2D eigenvalue weighted by molar-refractivity contribution is -0.124. The molecular formula is C21H25N7OS. The van der Waals surface area contributed by atoms with E-state index in [9.17, 15) is 4.79 Å². The molecule has 9 heteroatoms. The first kappa shape index (κ1) is 20.2. The Morgan fingerprint density at radius 2 is 2.13 bits per heavy atom. The molecule has 156 valence electrons. The normalized spacial score (nSPS) is 16.5. The first-order valence-corrected chi connectivity index (χ1v) is 10.8. The van der Waals surface area contributed by atoms with E-state index in [1.54, 1.807) is 12.3 Å². The minimum absolute atomic E-state index is 0.0204. The third kappa shape index (κ3) is 4.25. The number of aromatic nitrogens is 5. The van der Waals surface area contributed by atoms with Crippen molar-refractivity contribution in [3.63, 3.8) is 0 Å². The smallest absolute Gasteiger partial charge is 0.246 e. The molecule has 1 atom stereocenters. The second-order valence-corrected chi connectivity index (χ2v) is 8.39. The predicted molar refractivity (Wildman–Crippen MR) is 118 cm³/mol. The summed E-state index contributed by atoms with van der Waals surface area (Å²) in [5.74, 6) is 1.66. The van der Waals surface area contributed by atoms with E-state index in [-0.39, 0.29) is 11.8 Å². The molecule has 1 amide bonds. The van der Waals surface area contributed by atoms with E-state index in [0.29, 0.717) is 12.4 Å². The van der Waals surface area contributed by atoms with E-state index < -0.39 is 0 Å². The van der Waals surface area contributed by atoms with Crippen LogP contribution in [0.4, 0.5) is 10.9 Å². The fourth-order valence-corrected chi connectivity index (χ4v) is 4.29. The molecule has 4 heterocycles. The Morgan fingerprint density at radius 3 is 2.83 bits per heavy atom. The third-order valence-corrected chi connectivity index (χ3v) is 6.09. The maximum Gasteiger partial charge on any atom is 0.246 e. The highest BCUT2D eigenvalue weighted by Gasteiger charge is 2.28. The van der Waals surface area contributed by atoms with Gasteiger partial charge < -0.3 is 10.2 Å². The Balaban J connectivity index is 1.44. The molecular weight excluding hydrogens is 398 g/mol. The summed E-state index contributed by atoms with van der Waals surface area (Å²) < 4.78 is 1.83. The Kier molecular flexibility index (Phi) is 5.63. The highest BCUT2D eigenvalue weighted by Crippen LogP contribution is 2.28. The quantitative estimate of drug-likeness (QED) is 0.633. The van der Waals surface area contributed by atoms with Gasteiger partial charge in [0.2, 0.25) is 5.91 Å². The molecule has 0 spiro atoms. The van der Waals surface area contributed by atoms with E-state index in [4.69, 9.17) is 0 Å². The molecule has 0 aliphatic carbocycles. The lowest BCUT2D eigenvalue weighted by atomic mass is 10.0. The number of rotatable bonds is 5. The molecule has 0 radical (unpaired) electrons. The molecule has 4 rings (SSSR count). The monoisotopic (exact) mass is 423 g/mol. The number of hydrogen-bond donors (Lipinski definition) is 1. The fourth-order valence-electron chi connectivity index (χ4n) is 3.75. The van der Waals surface area contributed by atoms with Gasteiger partial charge in [0.05, 0.1) is 11.4 Å². The van der Waals surface area contributed by atoms with Gasteiger partial charge in [0.1, 0.15) is 11.6 Å². The van der Waals surface area contributed by atoms with Crippen LogP contribution < -0.4 is 5.32 Å². The number of amides is 1. The zero-order valence-corrected chi connectivity index (χ0v) is 18.4. The van der Waals surface area contributed by atoms with Crippen LogP contribution in [0.15, 0.2) is 23.7 Å². The van der Waals surface area contributed by atoms with E-state index in [2.05, 4.69) is 25.4 Å². The van der Waals surface area contributed by atoms with Crippen LogP contribution >= 0.6 is 11.3 Å². The van der Waals surface area contributed by atoms with Crippen molar-refractivity contribution >= 4 is 34.3 Å². The topological polar surface area (TPSA) is 88.8 Å². The second-order valence-electron chi connectivity index (χ2n) is 7.50. The Morgan fingerprint density at radius 1 is 1.30 bits per heavy atom. The van der Waals surface area contributed by atoms with Crippen LogP contribution in [0.2, 0.25) is 0 Å². The minimum atomic E-state index is 0.0204. The van der Waals surface area contributed by atoms with Crippen molar-refractivity contribution in [3.8, 4) is 0 Å². The summed E-state index contributed by atoms with van der Waals surface area (Å²) in [5, 5.41) is 10.3. The Labute approximate surface area is 179 Å². The maximum absolute atomic E-state index is 12.7. The van der Waals surface area contributed by atoms with Gasteiger partial charge in [-0.25, -0.2) is 15.0 Å². The number of nitrogens with one attached hydrogen (secondary N) is 1. The average molecular weight is 424 g/mol. The molecule has 30 heavy (non-hydrogen) atoms. The van der Waals surface area contributed by atoms with Crippen molar-refractivity contribution in [1.29, 1.82) is 0 Å². The predicted octanol–water partition coefficient (Wildman–Crippen LogP) is 3.36. The number of thiazole rings is 1. The van der Waals surface area contributed by atoms with E-state index >= 15 is 0 Å². The highest BCUT2D eigenvalue weighted by atomic mass is 32.1. The van der Waals surface area contributed by atoms with Crippen LogP contribution in [0.3, 0.4) is 0 Å². The van der Waals surface area contributed by atoms with Gasteiger partial charge in [-0.3, -0.25) is 9.48 Å². The molecule has 1 N–H and O–H groups in total. The van der Waals surface area contributed by atoms with Crippen molar-refractivity contribution in [2.45, 2.75) is 33.1 Å². The molecule has 1 aliphatic heterocycles. The van der Waals surface area contributed by atoms with Crippen molar-refractivity contribution in [3.05, 3.63) is 52.2 Å². The first-order chi connectivity index (χ1) is 14.4. The zero-order valence-electron chi connectivity index (χ0n) is 17.6. The van der Waals surface area contributed by atoms with Crippen molar-refractivity contribution < 1.29 is 4.79 Å². The summed E-state index contributed by atoms with van der Waals surface area (Å²) in [4.78, 5) is 27.9. The number of likely N-dealkylation sites (tertiary alicyclic amines) is 1. The summed E-state index contributed by atoms with van der Waals surface area (Å²) in [5.41, 5.74) is 3.94. The highest BCUT2D eigenvalue weighted by molar-refractivity contribution is 7.13. The van der Waals surface area contributed by atoms with Crippen LogP contribution in [0, 0.1) is 20.8 Å². The molecule has 8 nitrogen and oxygen atoms in total. The lowest BCUT2D eigenvalue weighted by Crippen LogP contribution is -2.26. The molecule has 3 aromatic heterocycles. The second kappa shape index (κ2) is 8.35. The molecule has 1 fully saturated rings. The number of carbonyl (C=O) groups is 1. The zero-order chi connectivity index (χ0) is 21.3. The molecule has 1 unspecified atom stereocenters. The Hall–Kier alpha value is -3.07. The number of anilines is 2. The molecule has 0 saturated carbocycles. The van der Waals surface area contributed by atoms with E-state index in [1.165, 1.54) is 11.3 Å². The van der Waals surface area contributed by atoms with E-state index in [1.807, 2.05) is 54.9 Å². The van der Waals surface area contributed by atoms with Gasteiger partial charge in [0, 0.05) is 61.0 Å². The fraction of sp³-hybridized carbons (Fsp3) is 0.381. The summed E-state index contributed by atoms with van der Waals surface area (Å²) in [6, 6.07) is 1.96. The largest absolute Gasteiger partial charge is 0.338 e. The molecule has 0 bridgehead atoms. The van der Waals surface area contributed by atoms with Gasteiger partial charge >= 0.3 is 0 Å². The number of nitrogens with zero attached hydrogens (tertiary/aromatic N) is 6. The molecule has 1 saturated heterocycles. The standard InChI is InChI=1S/C21H25N7OS/c1-13-17(14(2)27(4)26-13)5-6-20(29)28-9-7-16(12-28)18-11-19(24-15(3)23-18)25-21-22-8-10-30-21/h5-6,8,10-11,16H,7,9,12H2,1-4H3,(H,22,23,24,25). The van der Waals surface area contributed by atoms with Crippen LogP contribution in [0.5, 0.6) is 0 Å². The van der Waals surface area contributed by atoms with Crippen LogP contribution in [0.25, 0.3) is 6.08 Å². The summed E-state index contributed by atoms with van der Waals surface area (Å²) >= 11 is 1.52. The first-order valence-electron chi connectivity index (χ1n) is 9.90. The number of carbonyl (C=O) groups excluding carboxylic acids is 1. The van der Waals surface area contributed by atoms with Crippen molar-refractivity contribution in [2.75, 3.05) is 18.4 Å².